The second-order valence-electron chi connectivity index (χ2n) is 7.62. The summed E-state index contributed by atoms with van der Waals surface area (Å²) in [6.07, 6.45) is 1.98. The lowest BCUT2D eigenvalue weighted by Gasteiger charge is -2.29. The molecule has 2 aromatic rings. The molecule has 0 aromatic heterocycles. The van der Waals surface area contributed by atoms with Gasteiger partial charge in [-0.2, -0.15) is 0 Å². The van der Waals surface area contributed by atoms with Crippen LogP contribution in [-0.2, 0) is 16.1 Å². The molecule has 2 amide bonds. The van der Waals surface area contributed by atoms with Gasteiger partial charge in [0.25, 0.3) is 5.91 Å². The second kappa shape index (κ2) is 8.40. The van der Waals surface area contributed by atoms with E-state index in [1.807, 2.05) is 49.1 Å². The van der Waals surface area contributed by atoms with Gasteiger partial charge in [-0.15, -0.1) is 0 Å². The topological polar surface area (TPSA) is 58.6 Å². The van der Waals surface area contributed by atoms with Crippen LogP contribution < -0.4 is 5.32 Å². The predicted octanol–water partition coefficient (Wildman–Crippen LogP) is 4.02. The van der Waals surface area contributed by atoms with Crippen molar-refractivity contribution in [3.8, 4) is 0 Å². The molecule has 0 radical (unpaired) electrons. The average molecular weight is 378 g/mol. The van der Waals surface area contributed by atoms with Crippen LogP contribution in [0.3, 0.4) is 0 Å². The van der Waals surface area contributed by atoms with Gasteiger partial charge >= 0.3 is 0 Å². The van der Waals surface area contributed by atoms with Crippen molar-refractivity contribution in [2.75, 3.05) is 11.9 Å². The number of hydrogen-bond donors (Lipinski definition) is 1. The van der Waals surface area contributed by atoms with E-state index in [-0.39, 0.29) is 23.5 Å². The van der Waals surface area contributed by atoms with Crippen LogP contribution in [-0.4, -0.2) is 35.0 Å². The molecule has 0 saturated carbocycles. The number of nitrogens with one attached hydrogen (secondary N) is 1. The van der Waals surface area contributed by atoms with Crippen LogP contribution in [0.4, 0.5) is 5.69 Å². The maximum Gasteiger partial charge on any atom is 0.254 e. The molecule has 1 aliphatic heterocycles. The Bertz CT molecular complexity index is 861. The molecule has 1 saturated heterocycles. The molecule has 3 rings (SSSR count). The Kier molecular flexibility index (Phi) is 5.95. The zero-order valence-electron chi connectivity index (χ0n) is 16.4. The van der Waals surface area contributed by atoms with Crippen LogP contribution in [0, 0.1) is 0 Å². The van der Waals surface area contributed by atoms with E-state index in [1.54, 1.807) is 24.3 Å². The number of ether oxygens (including phenoxy) is 1. The second-order valence-corrected chi connectivity index (χ2v) is 7.62. The lowest BCUT2D eigenvalue weighted by molar-refractivity contribution is -0.111. The lowest BCUT2D eigenvalue weighted by atomic mass is 10.0. The highest BCUT2D eigenvalue weighted by atomic mass is 16.5. The first-order valence-corrected chi connectivity index (χ1v) is 9.40. The molecule has 146 valence electrons. The van der Waals surface area contributed by atoms with E-state index in [9.17, 15) is 9.59 Å². The molecule has 5 heteroatoms. The molecule has 28 heavy (non-hydrogen) atoms. The number of carbonyl (C=O) groups is 2. The monoisotopic (exact) mass is 378 g/mol. The van der Waals surface area contributed by atoms with Gasteiger partial charge in [0, 0.05) is 17.8 Å². The Morgan fingerprint density at radius 3 is 2.61 bits per heavy atom. The zero-order chi connectivity index (χ0) is 20.1. The smallest absolute Gasteiger partial charge is 0.254 e. The van der Waals surface area contributed by atoms with Gasteiger partial charge in [-0.25, -0.2) is 0 Å². The predicted molar refractivity (Wildman–Crippen MR) is 110 cm³/mol. The summed E-state index contributed by atoms with van der Waals surface area (Å²) in [5.74, 6) is -0.387. The standard InChI is InChI=1S/C23H26N2O3/c1-4-21(26)24-19-12-8-11-18(13-19)22(27)25(15-17-9-6-5-7-10-17)20-14-23(2,3)28-16-20/h4-13,20H,1,14-16H2,2-3H3,(H,24,26). The largest absolute Gasteiger partial charge is 0.373 e. The summed E-state index contributed by atoms with van der Waals surface area (Å²) in [6.45, 7) is 8.56. The number of benzene rings is 2. The number of rotatable bonds is 6. The number of nitrogens with zero attached hydrogens (tertiary/aromatic N) is 1. The number of anilines is 1. The maximum absolute atomic E-state index is 13.4. The number of hydrogen-bond acceptors (Lipinski definition) is 3. The molecule has 1 atom stereocenters. The minimum Gasteiger partial charge on any atom is -0.373 e. The first kappa shape index (κ1) is 19.8. The third kappa shape index (κ3) is 4.87. The summed E-state index contributed by atoms with van der Waals surface area (Å²) < 4.78 is 5.89. The third-order valence-corrected chi connectivity index (χ3v) is 4.85. The Labute approximate surface area is 166 Å². The molecule has 1 fully saturated rings. The molecule has 2 aromatic carbocycles. The van der Waals surface area contributed by atoms with Crippen molar-refractivity contribution in [2.45, 2.75) is 38.5 Å². The summed E-state index contributed by atoms with van der Waals surface area (Å²) in [5, 5.41) is 2.71. The Morgan fingerprint density at radius 2 is 1.96 bits per heavy atom. The quantitative estimate of drug-likeness (QED) is 0.773. The van der Waals surface area contributed by atoms with Crippen LogP contribution in [0.15, 0.2) is 67.3 Å². The highest BCUT2D eigenvalue weighted by molar-refractivity contribution is 6.00. The van der Waals surface area contributed by atoms with Gasteiger partial charge < -0.3 is 15.0 Å². The molecule has 1 unspecified atom stereocenters. The van der Waals surface area contributed by atoms with E-state index in [0.29, 0.717) is 24.4 Å². The highest BCUT2D eigenvalue weighted by Crippen LogP contribution is 2.30. The summed E-state index contributed by atoms with van der Waals surface area (Å²) in [7, 11) is 0. The van der Waals surface area contributed by atoms with Gasteiger partial charge in [0.2, 0.25) is 5.91 Å². The third-order valence-electron chi connectivity index (χ3n) is 4.85. The van der Waals surface area contributed by atoms with Crippen LogP contribution in [0.2, 0.25) is 0 Å². The van der Waals surface area contributed by atoms with Gasteiger partial charge in [-0.1, -0.05) is 43.0 Å². The van der Waals surface area contributed by atoms with Crippen molar-refractivity contribution < 1.29 is 14.3 Å². The van der Waals surface area contributed by atoms with Crippen molar-refractivity contribution in [3.63, 3.8) is 0 Å². The van der Waals surface area contributed by atoms with E-state index in [0.717, 1.165) is 12.0 Å². The fourth-order valence-electron chi connectivity index (χ4n) is 3.44. The van der Waals surface area contributed by atoms with E-state index in [1.165, 1.54) is 6.08 Å². The van der Waals surface area contributed by atoms with E-state index in [4.69, 9.17) is 4.74 Å². The van der Waals surface area contributed by atoms with Gasteiger partial charge in [0.15, 0.2) is 0 Å². The fourth-order valence-corrected chi connectivity index (χ4v) is 3.44. The highest BCUT2D eigenvalue weighted by Gasteiger charge is 2.37. The molecular weight excluding hydrogens is 352 g/mol. The molecule has 0 bridgehead atoms. The summed E-state index contributed by atoms with van der Waals surface area (Å²) in [6, 6.07) is 16.9. The first-order chi connectivity index (χ1) is 13.4. The molecule has 1 aliphatic rings. The Hall–Kier alpha value is -2.92. The number of amides is 2. The number of carbonyl (C=O) groups excluding carboxylic acids is 2. The van der Waals surface area contributed by atoms with E-state index in [2.05, 4.69) is 11.9 Å². The summed E-state index contributed by atoms with van der Waals surface area (Å²) >= 11 is 0. The minimum absolute atomic E-state index is 0.00544. The minimum atomic E-state index is -0.309. The Morgan fingerprint density at radius 1 is 1.21 bits per heavy atom. The zero-order valence-corrected chi connectivity index (χ0v) is 16.4. The Balaban J connectivity index is 1.87. The van der Waals surface area contributed by atoms with Crippen molar-refractivity contribution in [1.82, 2.24) is 4.90 Å². The van der Waals surface area contributed by atoms with Gasteiger partial charge in [-0.3, -0.25) is 9.59 Å². The average Bonchev–Trinajstić information content (AvgIpc) is 3.06. The van der Waals surface area contributed by atoms with Gasteiger partial charge in [-0.05, 0) is 50.1 Å². The summed E-state index contributed by atoms with van der Waals surface area (Å²) in [5.41, 5.74) is 1.91. The van der Waals surface area contributed by atoms with E-state index >= 15 is 0 Å². The molecule has 1 heterocycles. The molecule has 0 aliphatic carbocycles. The van der Waals surface area contributed by atoms with Crippen molar-refractivity contribution in [2.24, 2.45) is 0 Å². The van der Waals surface area contributed by atoms with Crippen LogP contribution in [0.1, 0.15) is 36.2 Å². The van der Waals surface area contributed by atoms with Gasteiger partial charge in [0.05, 0.1) is 18.2 Å². The maximum atomic E-state index is 13.4. The fraction of sp³-hybridized carbons (Fsp3) is 0.304. The lowest BCUT2D eigenvalue weighted by Crippen LogP contribution is -2.40. The van der Waals surface area contributed by atoms with Crippen LogP contribution in [0.5, 0.6) is 0 Å². The first-order valence-electron chi connectivity index (χ1n) is 9.40. The van der Waals surface area contributed by atoms with Crippen LogP contribution in [0.25, 0.3) is 0 Å². The van der Waals surface area contributed by atoms with Gasteiger partial charge in [0.1, 0.15) is 0 Å². The molecule has 0 spiro atoms. The summed E-state index contributed by atoms with van der Waals surface area (Å²) in [4.78, 5) is 26.8. The van der Waals surface area contributed by atoms with Crippen molar-refractivity contribution >= 4 is 17.5 Å². The molecular formula is C23H26N2O3. The van der Waals surface area contributed by atoms with Crippen molar-refractivity contribution in [3.05, 3.63) is 78.4 Å². The normalized spacial score (nSPS) is 17.7. The van der Waals surface area contributed by atoms with Crippen LogP contribution >= 0.6 is 0 Å². The molecule has 5 nitrogen and oxygen atoms in total. The van der Waals surface area contributed by atoms with E-state index < -0.39 is 0 Å². The van der Waals surface area contributed by atoms with Crippen molar-refractivity contribution in [1.29, 1.82) is 0 Å². The SMILES string of the molecule is C=CC(=O)Nc1cccc(C(=O)N(Cc2ccccc2)C2COC(C)(C)C2)c1. The molecule has 1 N–H and O–H groups in total.